The summed E-state index contributed by atoms with van der Waals surface area (Å²) in [5, 5.41) is 3.64. The molecule has 1 saturated heterocycles. The van der Waals surface area contributed by atoms with Gasteiger partial charge < -0.3 is 10.1 Å². The predicted molar refractivity (Wildman–Crippen MR) is 88.0 cm³/mol. The van der Waals surface area contributed by atoms with E-state index in [4.69, 9.17) is 4.74 Å². The van der Waals surface area contributed by atoms with E-state index in [0.717, 1.165) is 37.0 Å². The van der Waals surface area contributed by atoms with Crippen LogP contribution < -0.4 is 5.32 Å². The molecule has 0 spiro atoms. The Labute approximate surface area is 131 Å². The van der Waals surface area contributed by atoms with Crippen molar-refractivity contribution < 1.29 is 4.74 Å². The van der Waals surface area contributed by atoms with Crippen molar-refractivity contribution in [2.45, 2.75) is 39.7 Å². The fourth-order valence-corrected chi connectivity index (χ4v) is 3.46. The van der Waals surface area contributed by atoms with E-state index in [1.807, 2.05) is 0 Å². The van der Waals surface area contributed by atoms with Crippen molar-refractivity contribution in [3.63, 3.8) is 0 Å². The Morgan fingerprint density at radius 3 is 2.85 bits per heavy atom. The molecule has 0 saturated carbocycles. The summed E-state index contributed by atoms with van der Waals surface area (Å²) in [6.07, 6.45) is 2.55. The van der Waals surface area contributed by atoms with Gasteiger partial charge in [-0.2, -0.15) is 0 Å². The summed E-state index contributed by atoms with van der Waals surface area (Å²) in [6, 6.07) is 8.66. The first kappa shape index (κ1) is 16.0. The summed E-state index contributed by atoms with van der Waals surface area (Å²) in [6.45, 7) is 9.73. The standard InChI is InChI=1S/C17H26BrNO/c1-13(2)11-19-12-17(7-8-20-14(17)3)10-15-5-4-6-16(18)9-15/h4-6,9,13-14,19H,7-8,10-12H2,1-3H3. The Bertz CT molecular complexity index is 435. The highest BCUT2D eigenvalue weighted by Gasteiger charge is 2.41. The average Bonchev–Trinajstić information content (AvgIpc) is 2.70. The van der Waals surface area contributed by atoms with Crippen LogP contribution in [0.15, 0.2) is 28.7 Å². The molecule has 1 aromatic carbocycles. The summed E-state index contributed by atoms with van der Waals surface area (Å²) in [4.78, 5) is 0. The summed E-state index contributed by atoms with van der Waals surface area (Å²) in [7, 11) is 0. The Kier molecular flexibility index (Phi) is 5.65. The van der Waals surface area contributed by atoms with Crippen molar-refractivity contribution in [3.05, 3.63) is 34.3 Å². The van der Waals surface area contributed by atoms with Crippen molar-refractivity contribution in [2.24, 2.45) is 11.3 Å². The second-order valence-electron chi connectivity index (χ2n) is 6.46. The van der Waals surface area contributed by atoms with Crippen LogP contribution in [0.5, 0.6) is 0 Å². The average molecular weight is 340 g/mol. The smallest absolute Gasteiger partial charge is 0.0619 e. The largest absolute Gasteiger partial charge is 0.378 e. The zero-order valence-corrected chi connectivity index (χ0v) is 14.4. The van der Waals surface area contributed by atoms with Crippen LogP contribution in [0.3, 0.4) is 0 Å². The van der Waals surface area contributed by atoms with Crippen LogP contribution in [-0.4, -0.2) is 25.8 Å². The molecule has 1 aromatic rings. The molecule has 1 heterocycles. The zero-order valence-electron chi connectivity index (χ0n) is 12.8. The molecule has 0 radical (unpaired) electrons. The van der Waals surface area contributed by atoms with Gasteiger partial charge in [-0.25, -0.2) is 0 Å². The van der Waals surface area contributed by atoms with Crippen molar-refractivity contribution in [3.8, 4) is 0 Å². The third-order valence-corrected chi connectivity index (χ3v) is 4.80. The zero-order chi connectivity index (χ0) is 14.6. The Morgan fingerprint density at radius 1 is 1.45 bits per heavy atom. The van der Waals surface area contributed by atoms with E-state index in [2.05, 4.69) is 66.3 Å². The molecule has 0 bridgehead atoms. The van der Waals surface area contributed by atoms with Gasteiger partial charge in [0.05, 0.1) is 6.10 Å². The van der Waals surface area contributed by atoms with Crippen LogP contribution in [0.1, 0.15) is 32.8 Å². The maximum atomic E-state index is 5.88. The summed E-state index contributed by atoms with van der Waals surface area (Å²) in [5.41, 5.74) is 1.62. The van der Waals surface area contributed by atoms with Gasteiger partial charge in [-0.3, -0.25) is 0 Å². The molecule has 112 valence electrons. The summed E-state index contributed by atoms with van der Waals surface area (Å²) < 4.78 is 7.04. The van der Waals surface area contributed by atoms with E-state index in [9.17, 15) is 0 Å². The van der Waals surface area contributed by atoms with Gasteiger partial charge in [0, 0.05) is 23.0 Å². The molecule has 1 N–H and O–H groups in total. The minimum Gasteiger partial charge on any atom is -0.378 e. The molecule has 1 aliphatic rings. The van der Waals surface area contributed by atoms with Gasteiger partial charge in [0.25, 0.3) is 0 Å². The number of nitrogens with one attached hydrogen (secondary N) is 1. The van der Waals surface area contributed by atoms with Crippen LogP contribution >= 0.6 is 15.9 Å². The quantitative estimate of drug-likeness (QED) is 0.844. The van der Waals surface area contributed by atoms with Gasteiger partial charge in [-0.15, -0.1) is 0 Å². The van der Waals surface area contributed by atoms with Gasteiger partial charge in [0.2, 0.25) is 0 Å². The highest BCUT2D eigenvalue weighted by atomic mass is 79.9. The van der Waals surface area contributed by atoms with Crippen LogP contribution in [0.4, 0.5) is 0 Å². The number of hydrogen-bond donors (Lipinski definition) is 1. The normalized spacial score (nSPS) is 26.4. The van der Waals surface area contributed by atoms with Crippen molar-refractivity contribution in [2.75, 3.05) is 19.7 Å². The minimum absolute atomic E-state index is 0.232. The fraction of sp³-hybridized carbons (Fsp3) is 0.647. The van der Waals surface area contributed by atoms with Crippen molar-refractivity contribution >= 4 is 15.9 Å². The van der Waals surface area contributed by atoms with Gasteiger partial charge in [-0.05, 0) is 49.9 Å². The molecule has 1 fully saturated rings. The third kappa shape index (κ3) is 4.06. The lowest BCUT2D eigenvalue weighted by molar-refractivity contribution is 0.0627. The first-order valence-corrected chi connectivity index (χ1v) is 8.38. The van der Waals surface area contributed by atoms with E-state index >= 15 is 0 Å². The number of rotatable bonds is 6. The molecule has 0 aromatic heterocycles. The first-order valence-electron chi connectivity index (χ1n) is 7.59. The van der Waals surface area contributed by atoms with Gasteiger partial charge in [0.15, 0.2) is 0 Å². The lowest BCUT2D eigenvalue weighted by Crippen LogP contribution is -2.42. The van der Waals surface area contributed by atoms with Crippen LogP contribution in [0.2, 0.25) is 0 Å². The topological polar surface area (TPSA) is 21.3 Å². The first-order chi connectivity index (χ1) is 9.52. The van der Waals surface area contributed by atoms with Gasteiger partial charge in [-0.1, -0.05) is 41.9 Å². The molecule has 2 atom stereocenters. The molecule has 2 rings (SSSR count). The molecule has 3 heteroatoms. The lowest BCUT2D eigenvalue weighted by Gasteiger charge is -2.33. The molecule has 0 aliphatic carbocycles. The Balaban J connectivity index is 2.07. The molecule has 1 aliphatic heterocycles. The van der Waals surface area contributed by atoms with E-state index in [0.29, 0.717) is 12.0 Å². The van der Waals surface area contributed by atoms with Crippen molar-refractivity contribution in [1.29, 1.82) is 0 Å². The maximum absolute atomic E-state index is 5.88. The molecular formula is C17H26BrNO. The monoisotopic (exact) mass is 339 g/mol. The maximum Gasteiger partial charge on any atom is 0.0619 e. The number of benzene rings is 1. The van der Waals surface area contributed by atoms with E-state index < -0.39 is 0 Å². The molecule has 2 nitrogen and oxygen atoms in total. The second kappa shape index (κ2) is 7.06. The van der Waals surface area contributed by atoms with Crippen LogP contribution in [0.25, 0.3) is 0 Å². The second-order valence-corrected chi connectivity index (χ2v) is 7.37. The number of ether oxygens (including phenoxy) is 1. The molecular weight excluding hydrogens is 314 g/mol. The summed E-state index contributed by atoms with van der Waals surface area (Å²) >= 11 is 3.57. The highest BCUT2D eigenvalue weighted by molar-refractivity contribution is 9.10. The third-order valence-electron chi connectivity index (χ3n) is 4.31. The van der Waals surface area contributed by atoms with E-state index in [1.165, 1.54) is 5.56 Å². The van der Waals surface area contributed by atoms with Crippen LogP contribution in [0, 0.1) is 11.3 Å². The number of halogens is 1. The number of hydrogen-bond acceptors (Lipinski definition) is 2. The SMILES string of the molecule is CC(C)CNCC1(Cc2cccc(Br)c2)CCOC1C. The molecule has 0 amide bonds. The molecule has 20 heavy (non-hydrogen) atoms. The van der Waals surface area contributed by atoms with Crippen LogP contribution in [-0.2, 0) is 11.2 Å². The Hall–Kier alpha value is -0.380. The Morgan fingerprint density at radius 2 is 2.25 bits per heavy atom. The van der Waals surface area contributed by atoms with Crippen molar-refractivity contribution in [1.82, 2.24) is 5.32 Å². The lowest BCUT2D eigenvalue weighted by atomic mass is 9.76. The summed E-state index contributed by atoms with van der Waals surface area (Å²) in [5.74, 6) is 0.690. The van der Waals surface area contributed by atoms with Gasteiger partial charge in [0.1, 0.15) is 0 Å². The van der Waals surface area contributed by atoms with E-state index in [1.54, 1.807) is 0 Å². The molecule has 2 unspecified atom stereocenters. The highest BCUT2D eigenvalue weighted by Crippen LogP contribution is 2.38. The fourth-order valence-electron chi connectivity index (χ4n) is 3.01. The predicted octanol–water partition coefficient (Wildman–Crippen LogP) is 4.03. The van der Waals surface area contributed by atoms with Gasteiger partial charge >= 0.3 is 0 Å². The minimum atomic E-state index is 0.232. The van der Waals surface area contributed by atoms with E-state index in [-0.39, 0.29) is 5.41 Å².